The van der Waals surface area contributed by atoms with Crippen LogP contribution in [0.4, 0.5) is 0 Å². The van der Waals surface area contributed by atoms with Crippen LogP contribution < -0.4 is 0 Å². The molecule has 3 unspecified atom stereocenters. The van der Waals surface area contributed by atoms with E-state index in [2.05, 4.69) is 48.5 Å². The van der Waals surface area contributed by atoms with Gasteiger partial charge in [-0.1, -0.05) is 337 Å². The van der Waals surface area contributed by atoms with Gasteiger partial charge in [-0.3, -0.25) is 37.3 Å². The minimum absolute atomic E-state index is 0.106. The van der Waals surface area contributed by atoms with Gasteiger partial charge in [-0.15, -0.1) is 0 Å². The summed E-state index contributed by atoms with van der Waals surface area (Å²) in [7, 11) is -9.91. The summed E-state index contributed by atoms with van der Waals surface area (Å²) in [5.74, 6) is 0.262. The first-order chi connectivity index (χ1) is 45.8. The first-order valence-electron chi connectivity index (χ1n) is 39.4. The zero-order chi connectivity index (χ0) is 70.1. The molecule has 0 aliphatic carbocycles. The third-order valence-electron chi connectivity index (χ3n) is 18.0. The SMILES string of the molecule is CCCCCCCCCCCC(=O)OC[C@H](COP(=O)(O)OC[C@H](O)COP(=O)(O)OC[C@@H](COC(=O)CCCCCCCCCCCCCCC(C)C)OC(=O)CCCCCCCCCCCCCCCCC(C)CC)OC(=O)CCCCCCCCCCCCC(C)C. The summed E-state index contributed by atoms with van der Waals surface area (Å²) in [6, 6.07) is 0. The molecule has 0 aliphatic rings. The topological polar surface area (TPSA) is 237 Å². The van der Waals surface area contributed by atoms with Crippen LogP contribution in [0.1, 0.15) is 389 Å². The Morgan fingerprint density at radius 3 is 0.800 bits per heavy atom. The summed E-state index contributed by atoms with van der Waals surface area (Å²) >= 11 is 0. The van der Waals surface area contributed by atoms with Crippen LogP contribution >= 0.6 is 15.6 Å². The molecular formula is C76H148O17P2. The summed E-state index contributed by atoms with van der Waals surface area (Å²) in [4.78, 5) is 72.8. The highest BCUT2D eigenvalue weighted by Gasteiger charge is 2.30. The number of hydrogen-bond acceptors (Lipinski definition) is 15. The molecule has 0 spiro atoms. The molecule has 0 aromatic heterocycles. The van der Waals surface area contributed by atoms with Crippen molar-refractivity contribution in [2.24, 2.45) is 17.8 Å². The number of ether oxygens (including phenoxy) is 4. The quantitative estimate of drug-likeness (QED) is 0.0222. The second kappa shape index (κ2) is 66.6. The Morgan fingerprint density at radius 1 is 0.305 bits per heavy atom. The average Bonchev–Trinajstić information content (AvgIpc) is 1.53. The minimum Gasteiger partial charge on any atom is -0.462 e. The number of phosphoric acid groups is 2. The Bertz CT molecular complexity index is 1850. The van der Waals surface area contributed by atoms with Crippen LogP contribution in [0, 0.1) is 17.8 Å². The van der Waals surface area contributed by atoms with Gasteiger partial charge in [-0.05, 0) is 43.4 Å². The largest absolute Gasteiger partial charge is 0.472 e. The maximum atomic E-state index is 13.1. The van der Waals surface area contributed by atoms with E-state index in [0.717, 1.165) is 108 Å². The van der Waals surface area contributed by atoms with E-state index in [1.807, 2.05) is 0 Å². The summed E-state index contributed by atoms with van der Waals surface area (Å²) < 4.78 is 68.5. The van der Waals surface area contributed by atoms with Crippen molar-refractivity contribution in [1.29, 1.82) is 0 Å². The van der Waals surface area contributed by atoms with Crippen LogP contribution in [0.25, 0.3) is 0 Å². The van der Waals surface area contributed by atoms with Crippen LogP contribution in [0.3, 0.4) is 0 Å². The highest BCUT2D eigenvalue weighted by Crippen LogP contribution is 2.45. The van der Waals surface area contributed by atoms with Gasteiger partial charge in [0, 0.05) is 25.7 Å². The molecule has 564 valence electrons. The van der Waals surface area contributed by atoms with E-state index in [-0.39, 0.29) is 25.7 Å². The van der Waals surface area contributed by atoms with Crippen LogP contribution in [-0.2, 0) is 65.4 Å². The number of hydrogen-bond donors (Lipinski definition) is 3. The van der Waals surface area contributed by atoms with Gasteiger partial charge >= 0.3 is 39.5 Å². The number of rotatable bonds is 74. The van der Waals surface area contributed by atoms with Gasteiger partial charge in [0.05, 0.1) is 26.4 Å². The highest BCUT2D eigenvalue weighted by molar-refractivity contribution is 7.47. The van der Waals surface area contributed by atoms with E-state index in [1.54, 1.807) is 0 Å². The van der Waals surface area contributed by atoms with E-state index in [1.165, 1.54) is 199 Å². The Labute approximate surface area is 581 Å². The number of esters is 4. The lowest BCUT2D eigenvalue weighted by atomic mass is 9.99. The summed E-state index contributed by atoms with van der Waals surface area (Å²) in [5, 5.41) is 10.6. The lowest BCUT2D eigenvalue weighted by Gasteiger charge is -2.21. The third kappa shape index (κ3) is 69.0. The van der Waals surface area contributed by atoms with Gasteiger partial charge in [0.15, 0.2) is 12.2 Å². The Balaban J connectivity index is 5.24. The maximum absolute atomic E-state index is 13.1. The molecule has 17 nitrogen and oxygen atoms in total. The smallest absolute Gasteiger partial charge is 0.462 e. The lowest BCUT2D eigenvalue weighted by molar-refractivity contribution is -0.161. The van der Waals surface area contributed by atoms with Gasteiger partial charge in [0.1, 0.15) is 19.3 Å². The molecule has 0 saturated heterocycles. The second-order valence-electron chi connectivity index (χ2n) is 28.6. The molecule has 0 heterocycles. The zero-order valence-electron chi connectivity index (χ0n) is 62.1. The molecule has 95 heavy (non-hydrogen) atoms. The van der Waals surface area contributed by atoms with Crippen LogP contribution in [0.5, 0.6) is 0 Å². The molecule has 0 radical (unpaired) electrons. The predicted octanol–water partition coefficient (Wildman–Crippen LogP) is 22.2. The number of unbranched alkanes of at least 4 members (excludes halogenated alkanes) is 41. The van der Waals surface area contributed by atoms with Gasteiger partial charge in [-0.2, -0.15) is 0 Å². The average molecular weight is 1400 g/mol. The van der Waals surface area contributed by atoms with E-state index in [0.29, 0.717) is 25.7 Å². The molecule has 0 fully saturated rings. The molecule has 0 aromatic rings. The Kier molecular flexibility index (Phi) is 65.2. The summed E-state index contributed by atoms with van der Waals surface area (Å²) in [5.41, 5.74) is 0. The fourth-order valence-electron chi connectivity index (χ4n) is 11.6. The van der Waals surface area contributed by atoms with Crippen molar-refractivity contribution < 1.29 is 80.2 Å². The van der Waals surface area contributed by atoms with Crippen molar-refractivity contribution in [2.45, 2.75) is 407 Å². The van der Waals surface area contributed by atoms with Crippen molar-refractivity contribution >= 4 is 39.5 Å². The van der Waals surface area contributed by atoms with Crippen LogP contribution in [0.2, 0.25) is 0 Å². The molecular weight excluding hydrogens is 1250 g/mol. The van der Waals surface area contributed by atoms with E-state index < -0.39 is 97.5 Å². The van der Waals surface area contributed by atoms with Gasteiger partial charge in [0.25, 0.3) is 0 Å². The molecule has 0 saturated carbocycles. The zero-order valence-corrected chi connectivity index (χ0v) is 63.9. The third-order valence-corrected chi connectivity index (χ3v) is 19.9. The fraction of sp³-hybridized carbons (Fsp3) is 0.947. The van der Waals surface area contributed by atoms with Crippen molar-refractivity contribution in [2.75, 3.05) is 39.6 Å². The molecule has 0 aromatic carbocycles. The molecule has 0 bridgehead atoms. The van der Waals surface area contributed by atoms with Crippen molar-refractivity contribution in [3.8, 4) is 0 Å². The number of phosphoric ester groups is 2. The fourth-order valence-corrected chi connectivity index (χ4v) is 13.1. The van der Waals surface area contributed by atoms with Crippen LogP contribution in [-0.4, -0.2) is 96.7 Å². The van der Waals surface area contributed by atoms with Gasteiger partial charge in [0.2, 0.25) is 0 Å². The molecule has 0 rings (SSSR count). The second-order valence-corrected chi connectivity index (χ2v) is 31.5. The Morgan fingerprint density at radius 2 is 0.537 bits per heavy atom. The number of aliphatic hydroxyl groups excluding tert-OH is 1. The first-order valence-corrected chi connectivity index (χ1v) is 42.4. The Hall–Kier alpha value is -1.94. The predicted molar refractivity (Wildman–Crippen MR) is 386 cm³/mol. The minimum atomic E-state index is -4.96. The maximum Gasteiger partial charge on any atom is 0.472 e. The number of aliphatic hydroxyl groups is 1. The summed E-state index contributed by atoms with van der Waals surface area (Å²) in [6.07, 6.45) is 52.6. The normalized spacial score (nSPS) is 14.4. The van der Waals surface area contributed by atoms with Gasteiger partial charge in [-0.25, -0.2) is 9.13 Å². The molecule has 0 aliphatic heterocycles. The van der Waals surface area contributed by atoms with E-state index >= 15 is 0 Å². The summed E-state index contributed by atoms with van der Waals surface area (Å²) in [6.45, 7) is 11.9. The van der Waals surface area contributed by atoms with E-state index in [9.17, 15) is 43.2 Å². The molecule has 19 heteroatoms. The molecule has 3 N–H and O–H groups in total. The number of carbonyl (C=O) groups is 4. The van der Waals surface area contributed by atoms with Gasteiger partial charge < -0.3 is 33.8 Å². The monoisotopic (exact) mass is 1400 g/mol. The first kappa shape index (κ1) is 93.1. The van der Waals surface area contributed by atoms with Crippen LogP contribution in [0.15, 0.2) is 0 Å². The lowest BCUT2D eigenvalue weighted by Crippen LogP contribution is -2.30. The van der Waals surface area contributed by atoms with Crippen molar-refractivity contribution in [1.82, 2.24) is 0 Å². The molecule has 6 atom stereocenters. The van der Waals surface area contributed by atoms with E-state index in [4.69, 9.17) is 37.0 Å². The molecule has 0 amide bonds. The highest BCUT2D eigenvalue weighted by atomic mass is 31.2. The van der Waals surface area contributed by atoms with Crippen molar-refractivity contribution in [3.05, 3.63) is 0 Å². The number of carbonyl (C=O) groups excluding carboxylic acids is 4. The standard InChI is InChI=1S/C76H148O17P2/c1-8-10-11-12-13-26-36-43-50-57-73(78)86-63-71(93-76(81)60-53-46-39-32-25-24-28-34-41-48-55-68(5)6)65-90-94(82,83)88-61-70(77)62-89-95(84,85)91-66-72(64-87-74(79)58-51-44-37-30-22-19-18-20-27-33-40-47-54-67(3)4)92-75(80)59-52-45-38-31-23-17-15-14-16-21-29-35-42-49-56-69(7)9-2/h67-72,77H,8-66H2,1-7H3,(H,82,83)(H,84,85)/t69?,70-,71+,72+/m0/s1. The van der Waals surface area contributed by atoms with Crippen molar-refractivity contribution in [3.63, 3.8) is 0 Å².